The van der Waals surface area contributed by atoms with E-state index in [0.29, 0.717) is 18.2 Å². The Kier molecular flexibility index (Phi) is 3.17. The van der Waals surface area contributed by atoms with Crippen LogP contribution in [0.15, 0.2) is 30.3 Å². The van der Waals surface area contributed by atoms with Crippen molar-refractivity contribution < 1.29 is 4.74 Å². The molecule has 3 rings (SSSR count). The van der Waals surface area contributed by atoms with E-state index >= 15 is 0 Å². The molecule has 1 aromatic carbocycles. The van der Waals surface area contributed by atoms with Crippen LogP contribution in [0.2, 0.25) is 0 Å². The van der Waals surface area contributed by atoms with Crippen LogP contribution >= 0.6 is 0 Å². The SMILES string of the molecule is CC(NC1CCOC1C1CC1)c1ccccc1. The summed E-state index contributed by atoms with van der Waals surface area (Å²) in [4.78, 5) is 0. The first kappa shape index (κ1) is 11.2. The van der Waals surface area contributed by atoms with Crippen LogP contribution in [0.5, 0.6) is 0 Å². The summed E-state index contributed by atoms with van der Waals surface area (Å²) < 4.78 is 5.86. The first-order chi connectivity index (χ1) is 8.34. The molecule has 0 aromatic heterocycles. The van der Waals surface area contributed by atoms with E-state index in [0.717, 1.165) is 12.5 Å². The Morgan fingerprint density at radius 3 is 2.65 bits per heavy atom. The second-order valence-corrected chi connectivity index (χ2v) is 5.37. The highest BCUT2D eigenvalue weighted by Gasteiger charge is 2.40. The summed E-state index contributed by atoms with van der Waals surface area (Å²) in [5.41, 5.74) is 1.37. The Bertz CT molecular complexity index is 360. The fraction of sp³-hybridized carbons (Fsp3) is 0.600. The summed E-state index contributed by atoms with van der Waals surface area (Å²) >= 11 is 0. The molecule has 0 spiro atoms. The van der Waals surface area contributed by atoms with Crippen molar-refractivity contribution in [3.63, 3.8) is 0 Å². The van der Waals surface area contributed by atoms with Crippen molar-refractivity contribution in [2.24, 2.45) is 5.92 Å². The lowest BCUT2D eigenvalue weighted by Gasteiger charge is -2.24. The molecule has 1 N–H and O–H groups in total. The summed E-state index contributed by atoms with van der Waals surface area (Å²) in [6, 6.07) is 11.6. The van der Waals surface area contributed by atoms with E-state index in [1.807, 2.05) is 0 Å². The minimum Gasteiger partial charge on any atom is -0.376 e. The summed E-state index contributed by atoms with van der Waals surface area (Å²) in [5.74, 6) is 0.831. The molecule has 1 saturated carbocycles. The Hall–Kier alpha value is -0.860. The highest BCUT2D eigenvalue weighted by Crippen LogP contribution is 2.39. The molecule has 1 aliphatic carbocycles. The van der Waals surface area contributed by atoms with Gasteiger partial charge < -0.3 is 10.1 Å². The number of ether oxygens (including phenoxy) is 1. The van der Waals surface area contributed by atoms with E-state index in [9.17, 15) is 0 Å². The lowest BCUT2D eigenvalue weighted by Crippen LogP contribution is -2.39. The van der Waals surface area contributed by atoms with Crippen molar-refractivity contribution in [1.82, 2.24) is 5.32 Å². The fourth-order valence-electron chi connectivity index (χ4n) is 2.84. The predicted molar refractivity (Wildman–Crippen MR) is 68.9 cm³/mol. The molecular formula is C15H21NO. The van der Waals surface area contributed by atoms with Gasteiger partial charge in [0.05, 0.1) is 6.10 Å². The van der Waals surface area contributed by atoms with Crippen LogP contribution in [-0.4, -0.2) is 18.8 Å². The van der Waals surface area contributed by atoms with Crippen LogP contribution in [0.4, 0.5) is 0 Å². The Morgan fingerprint density at radius 1 is 1.18 bits per heavy atom. The van der Waals surface area contributed by atoms with E-state index in [2.05, 4.69) is 42.6 Å². The van der Waals surface area contributed by atoms with E-state index in [-0.39, 0.29) is 0 Å². The van der Waals surface area contributed by atoms with Gasteiger partial charge in [-0.25, -0.2) is 0 Å². The lowest BCUT2D eigenvalue weighted by atomic mass is 10.0. The van der Waals surface area contributed by atoms with E-state index < -0.39 is 0 Å². The van der Waals surface area contributed by atoms with Crippen LogP contribution in [0.3, 0.4) is 0 Å². The van der Waals surface area contributed by atoms with Gasteiger partial charge in [-0.3, -0.25) is 0 Å². The summed E-state index contributed by atoms with van der Waals surface area (Å²) in [6.45, 7) is 3.18. The third-order valence-electron chi connectivity index (χ3n) is 3.99. The highest BCUT2D eigenvalue weighted by molar-refractivity contribution is 5.18. The predicted octanol–water partition coefficient (Wildman–Crippen LogP) is 2.90. The molecular weight excluding hydrogens is 210 g/mol. The van der Waals surface area contributed by atoms with Crippen molar-refractivity contribution in [2.45, 2.75) is 44.4 Å². The number of hydrogen-bond donors (Lipinski definition) is 1. The van der Waals surface area contributed by atoms with E-state index in [4.69, 9.17) is 4.74 Å². The average molecular weight is 231 g/mol. The molecule has 2 nitrogen and oxygen atoms in total. The molecule has 3 atom stereocenters. The third kappa shape index (κ3) is 2.53. The van der Waals surface area contributed by atoms with Crippen molar-refractivity contribution in [3.05, 3.63) is 35.9 Å². The maximum Gasteiger partial charge on any atom is 0.0757 e. The molecule has 3 unspecified atom stereocenters. The second-order valence-electron chi connectivity index (χ2n) is 5.37. The molecule has 17 heavy (non-hydrogen) atoms. The quantitative estimate of drug-likeness (QED) is 0.860. The number of rotatable bonds is 4. The second kappa shape index (κ2) is 4.79. The molecule has 0 radical (unpaired) electrons. The molecule has 0 bridgehead atoms. The third-order valence-corrected chi connectivity index (χ3v) is 3.99. The molecule has 92 valence electrons. The summed E-state index contributed by atoms with van der Waals surface area (Å²) in [6.07, 6.45) is 4.37. The van der Waals surface area contributed by atoms with Crippen molar-refractivity contribution in [1.29, 1.82) is 0 Å². The number of nitrogens with one attached hydrogen (secondary N) is 1. The van der Waals surface area contributed by atoms with Gasteiger partial charge in [-0.1, -0.05) is 30.3 Å². The van der Waals surface area contributed by atoms with Crippen LogP contribution in [0.1, 0.15) is 37.8 Å². The standard InChI is InChI=1S/C15H21NO/c1-11(12-5-3-2-4-6-12)16-14-9-10-17-15(14)13-7-8-13/h2-6,11,13-16H,7-10H2,1H3. The molecule has 2 fully saturated rings. The highest BCUT2D eigenvalue weighted by atomic mass is 16.5. The van der Waals surface area contributed by atoms with Gasteiger partial charge in [0.25, 0.3) is 0 Å². The van der Waals surface area contributed by atoms with Crippen LogP contribution in [0.25, 0.3) is 0 Å². The maximum atomic E-state index is 5.86. The van der Waals surface area contributed by atoms with Crippen molar-refractivity contribution in [2.75, 3.05) is 6.61 Å². The van der Waals surface area contributed by atoms with Crippen LogP contribution in [0, 0.1) is 5.92 Å². The van der Waals surface area contributed by atoms with Gasteiger partial charge in [0.15, 0.2) is 0 Å². The summed E-state index contributed by atoms with van der Waals surface area (Å²) in [7, 11) is 0. The van der Waals surface area contributed by atoms with Gasteiger partial charge >= 0.3 is 0 Å². The lowest BCUT2D eigenvalue weighted by molar-refractivity contribution is 0.0793. The molecule has 2 heteroatoms. The van der Waals surface area contributed by atoms with Gasteiger partial charge in [0.2, 0.25) is 0 Å². The topological polar surface area (TPSA) is 21.3 Å². The molecule has 2 aliphatic rings. The van der Waals surface area contributed by atoms with Gasteiger partial charge in [-0.05, 0) is 37.7 Å². The average Bonchev–Trinajstić information content (AvgIpc) is 3.11. The minimum absolute atomic E-state index is 0.421. The Labute approximate surface area is 103 Å². The molecule has 0 amide bonds. The summed E-state index contributed by atoms with van der Waals surface area (Å²) in [5, 5.41) is 3.74. The zero-order valence-electron chi connectivity index (χ0n) is 10.4. The van der Waals surface area contributed by atoms with Gasteiger partial charge in [-0.15, -0.1) is 0 Å². The maximum absolute atomic E-state index is 5.86. The van der Waals surface area contributed by atoms with Crippen LogP contribution in [-0.2, 0) is 4.74 Å². The monoisotopic (exact) mass is 231 g/mol. The van der Waals surface area contributed by atoms with E-state index in [1.54, 1.807) is 0 Å². The smallest absolute Gasteiger partial charge is 0.0757 e. The fourth-order valence-corrected chi connectivity index (χ4v) is 2.84. The molecule has 1 heterocycles. The van der Waals surface area contributed by atoms with E-state index in [1.165, 1.54) is 24.8 Å². The zero-order valence-corrected chi connectivity index (χ0v) is 10.4. The van der Waals surface area contributed by atoms with Gasteiger partial charge in [0.1, 0.15) is 0 Å². The first-order valence-electron chi connectivity index (χ1n) is 6.77. The first-order valence-corrected chi connectivity index (χ1v) is 6.77. The van der Waals surface area contributed by atoms with Crippen molar-refractivity contribution >= 4 is 0 Å². The Balaban J connectivity index is 1.62. The number of benzene rings is 1. The van der Waals surface area contributed by atoms with Crippen molar-refractivity contribution in [3.8, 4) is 0 Å². The molecule has 1 saturated heterocycles. The largest absolute Gasteiger partial charge is 0.376 e. The minimum atomic E-state index is 0.421. The normalized spacial score (nSPS) is 30.4. The number of hydrogen-bond acceptors (Lipinski definition) is 2. The molecule has 1 aliphatic heterocycles. The Morgan fingerprint density at radius 2 is 1.94 bits per heavy atom. The van der Waals surface area contributed by atoms with Gasteiger partial charge in [-0.2, -0.15) is 0 Å². The van der Waals surface area contributed by atoms with Crippen LogP contribution < -0.4 is 5.32 Å². The molecule has 1 aromatic rings. The van der Waals surface area contributed by atoms with Gasteiger partial charge in [0, 0.05) is 18.7 Å². The zero-order chi connectivity index (χ0) is 11.7.